The zero-order chi connectivity index (χ0) is 31.3. The van der Waals surface area contributed by atoms with Gasteiger partial charge in [-0.1, -0.05) is 20.8 Å². The molecule has 6 aliphatic heterocycles. The first kappa shape index (κ1) is 33.1. The van der Waals surface area contributed by atoms with Gasteiger partial charge >= 0.3 is 0 Å². The predicted molar refractivity (Wildman–Crippen MR) is 168 cm³/mol. The van der Waals surface area contributed by atoms with Gasteiger partial charge in [-0.05, 0) is 76.2 Å². The van der Waals surface area contributed by atoms with E-state index in [1.54, 1.807) is 0 Å². The van der Waals surface area contributed by atoms with Crippen molar-refractivity contribution in [2.75, 3.05) is 52.5 Å². The van der Waals surface area contributed by atoms with Gasteiger partial charge in [0.1, 0.15) is 0 Å². The van der Waals surface area contributed by atoms with Gasteiger partial charge in [-0.15, -0.1) is 0 Å². The minimum Gasteiger partial charge on any atom is -0.381 e. The minimum atomic E-state index is -0.672. The Balaban J connectivity index is 1.31. The number of nitrogens with one attached hydrogen (secondary N) is 3. The second-order valence-electron chi connectivity index (χ2n) is 15.1. The summed E-state index contributed by atoms with van der Waals surface area (Å²) in [6, 6.07) is 0.0427. The van der Waals surface area contributed by atoms with Crippen LogP contribution in [-0.2, 0) is 23.9 Å². The average molecular weight is 617 g/mol. The first-order valence-corrected chi connectivity index (χ1v) is 17.3. The molecule has 0 aliphatic carbocycles. The van der Waals surface area contributed by atoms with Crippen LogP contribution in [0.5, 0.6) is 0 Å². The van der Waals surface area contributed by atoms with Gasteiger partial charge in [0.25, 0.3) is 0 Å². The van der Waals surface area contributed by atoms with E-state index in [9.17, 15) is 19.2 Å². The molecule has 248 valence electrons. The standard InChI is InChI=1S/C33H56N6O5/c1-32(2,3)23-29(41)37-18-12-33(13-19-37)22-28(40)34-14-4-6-26(35-24-10-20-44-21-11-24)31(43)38-16-8-25(9-17-38)39-15-5-7-27(39)30(42)36-33/h24-27,35H,4-23H2,1-3H3,(H,34,40)(H,36,42)/t26-,27-/m0/s1. The van der Waals surface area contributed by atoms with Gasteiger partial charge in [-0.3, -0.25) is 24.1 Å². The van der Waals surface area contributed by atoms with Crippen molar-refractivity contribution in [3.05, 3.63) is 0 Å². The van der Waals surface area contributed by atoms with Crippen molar-refractivity contribution in [3.63, 3.8) is 0 Å². The van der Waals surface area contributed by atoms with Crippen LogP contribution >= 0.6 is 0 Å². The van der Waals surface area contributed by atoms with E-state index in [4.69, 9.17) is 4.74 Å². The molecule has 4 amide bonds. The zero-order valence-corrected chi connectivity index (χ0v) is 27.3. The second kappa shape index (κ2) is 14.5. The summed E-state index contributed by atoms with van der Waals surface area (Å²) in [6.45, 7) is 11.5. The van der Waals surface area contributed by atoms with Crippen molar-refractivity contribution in [2.24, 2.45) is 5.41 Å². The highest BCUT2D eigenvalue weighted by molar-refractivity contribution is 5.85. The smallest absolute Gasteiger partial charge is 0.239 e. The molecule has 0 aromatic rings. The fraction of sp³-hybridized carbons (Fsp3) is 0.879. The van der Waals surface area contributed by atoms with Gasteiger partial charge in [-0.2, -0.15) is 0 Å². The van der Waals surface area contributed by atoms with E-state index in [0.29, 0.717) is 78.0 Å². The van der Waals surface area contributed by atoms with Crippen LogP contribution in [0.15, 0.2) is 0 Å². The van der Waals surface area contributed by atoms with Gasteiger partial charge in [0.15, 0.2) is 0 Å². The summed E-state index contributed by atoms with van der Waals surface area (Å²) >= 11 is 0. The number of likely N-dealkylation sites (tertiary alicyclic amines) is 1. The largest absolute Gasteiger partial charge is 0.381 e. The fourth-order valence-electron chi connectivity index (χ4n) is 7.92. The number of rotatable bonds is 3. The third-order valence-electron chi connectivity index (χ3n) is 10.4. The highest BCUT2D eigenvalue weighted by Crippen LogP contribution is 2.31. The summed E-state index contributed by atoms with van der Waals surface area (Å²) in [4.78, 5) is 60.3. The monoisotopic (exact) mass is 616 g/mol. The molecule has 6 heterocycles. The summed E-state index contributed by atoms with van der Waals surface area (Å²) in [6.07, 6.45) is 8.50. The molecule has 0 unspecified atom stereocenters. The molecule has 0 aromatic heterocycles. The topological polar surface area (TPSA) is 123 Å². The van der Waals surface area contributed by atoms with Crippen LogP contribution in [0.1, 0.15) is 97.8 Å². The quantitative estimate of drug-likeness (QED) is 0.442. The number of piperidine rings is 2. The van der Waals surface area contributed by atoms with E-state index < -0.39 is 5.54 Å². The number of ether oxygens (including phenoxy) is 1. The van der Waals surface area contributed by atoms with E-state index in [0.717, 1.165) is 45.1 Å². The Hall–Kier alpha value is -2.24. The Bertz CT molecular complexity index is 1020. The lowest BCUT2D eigenvalue weighted by atomic mass is 9.82. The maximum atomic E-state index is 13.9. The van der Waals surface area contributed by atoms with Crippen LogP contribution in [-0.4, -0.2) is 121 Å². The highest BCUT2D eigenvalue weighted by atomic mass is 16.5. The van der Waals surface area contributed by atoms with Crippen LogP contribution < -0.4 is 16.0 Å². The summed E-state index contributed by atoms with van der Waals surface area (Å²) in [5.74, 6) is 0.219. The zero-order valence-electron chi connectivity index (χ0n) is 27.3. The molecule has 6 rings (SSSR count). The van der Waals surface area contributed by atoms with E-state index >= 15 is 0 Å². The maximum Gasteiger partial charge on any atom is 0.239 e. The van der Waals surface area contributed by atoms with Crippen molar-refractivity contribution >= 4 is 23.6 Å². The van der Waals surface area contributed by atoms with Gasteiger partial charge in [0, 0.05) is 70.9 Å². The van der Waals surface area contributed by atoms with Gasteiger partial charge in [-0.25, -0.2) is 0 Å². The SMILES string of the molecule is CC(C)(C)CC(=O)N1CCC2(CC1)CC(=O)NCCC[C@H](NC1CCOCC1)C(=O)N1CCC(CC1)N1CCC[C@H]1C(=O)N2. The second-order valence-corrected chi connectivity index (χ2v) is 15.1. The van der Waals surface area contributed by atoms with Crippen LogP contribution in [0.3, 0.4) is 0 Å². The molecule has 6 saturated heterocycles. The minimum absolute atomic E-state index is 0.00770. The lowest BCUT2D eigenvalue weighted by Crippen LogP contribution is -2.61. The van der Waals surface area contributed by atoms with Crippen molar-refractivity contribution < 1.29 is 23.9 Å². The van der Waals surface area contributed by atoms with E-state index in [1.165, 1.54) is 0 Å². The third kappa shape index (κ3) is 8.51. The first-order valence-electron chi connectivity index (χ1n) is 17.3. The summed E-state index contributed by atoms with van der Waals surface area (Å²) < 4.78 is 5.54. The number of nitrogens with zero attached hydrogens (tertiary/aromatic N) is 3. The highest BCUT2D eigenvalue weighted by Gasteiger charge is 2.44. The molecule has 2 bridgehead atoms. The Kier molecular flexibility index (Phi) is 10.9. The van der Waals surface area contributed by atoms with Gasteiger partial charge < -0.3 is 30.5 Å². The van der Waals surface area contributed by atoms with Crippen molar-refractivity contribution in [1.29, 1.82) is 0 Å². The van der Waals surface area contributed by atoms with E-state index in [-0.39, 0.29) is 59.6 Å². The average Bonchev–Trinajstić information content (AvgIpc) is 3.48. The van der Waals surface area contributed by atoms with Crippen LogP contribution in [0.2, 0.25) is 0 Å². The van der Waals surface area contributed by atoms with Gasteiger partial charge in [0.05, 0.1) is 17.6 Å². The van der Waals surface area contributed by atoms with Crippen molar-refractivity contribution in [2.45, 2.75) is 128 Å². The lowest BCUT2D eigenvalue weighted by molar-refractivity contribution is -0.138. The number of fused-ring (bicyclic) bond motifs is 10. The molecule has 0 aromatic carbocycles. The van der Waals surface area contributed by atoms with Crippen LogP contribution in [0.25, 0.3) is 0 Å². The first-order chi connectivity index (χ1) is 21.0. The molecule has 3 N–H and O–H groups in total. The molecular weight excluding hydrogens is 560 g/mol. The molecule has 1 spiro atoms. The molecule has 2 atom stereocenters. The van der Waals surface area contributed by atoms with Crippen molar-refractivity contribution in [3.8, 4) is 0 Å². The van der Waals surface area contributed by atoms with Gasteiger partial charge in [0.2, 0.25) is 23.6 Å². The molecule has 11 nitrogen and oxygen atoms in total. The third-order valence-corrected chi connectivity index (χ3v) is 10.4. The molecule has 6 fully saturated rings. The number of amides is 4. The molecule has 6 aliphatic rings. The van der Waals surface area contributed by atoms with E-state index in [1.807, 2.05) is 9.80 Å². The number of hydrogen-bond acceptors (Lipinski definition) is 7. The van der Waals surface area contributed by atoms with Crippen LogP contribution in [0.4, 0.5) is 0 Å². The Morgan fingerprint density at radius 2 is 1.64 bits per heavy atom. The summed E-state index contributed by atoms with van der Waals surface area (Å²) in [7, 11) is 0. The predicted octanol–water partition coefficient (Wildman–Crippen LogP) is 1.79. The van der Waals surface area contributed by atoms with Crippen molar-refractivity contribution in [1.82, 2.24) is 30.7 Å². The molecule has 0 radical (unpaired) electrons. The number of carbonyl (C=O) groups excluding carboxylic acids is 4. The number of hydrogen-bond donors (Lipinski definition) is 3. The summed E-state index contributed by atoms with van der Waals surface area (Å²) in [5, 5.41) is 10.1. The number of carbonyl (C=O) groups is 4. The Morgan fingerprint density at radius 1 is 0.932 bits per heavy atom. The Labute approximate surface area is 263 Å². The summed E-state index contributed by atoms with van der Waals surface area (Å²) in [5.41, 5.74) is -0.762. The fourth-order valence-corrected chi connectivity index (χ4v) is 7.92. The molecule has 11 heteroatoms. The van der Waals surface area contributed by atoms with E-state index in [2.05, 4.69) is 41.6 Å². The Morgan fingerprint density at radius 3 is 2.32 bits per heavy atom. The van der Waals surface area contributed by atoms with Crippen LogP contribution in [0, 0.1) is 5.41 Å². The molecular formula is C33H56N6O5. The maximum absolute atomic E-state index is 13.9. The lowest BCUT2D eigenvalue weighted by Gasteiger charge is -2.44. The normalized spacial score (nSPS) is 28.9. The molecule has 44 heavy (non-hydrogen) atoms. The molecule has 0 saturated carbocycles.